The Kier molecular flexibility index (Phi) is 10.00. The van der Waals surface area contributed by atoms with Gasteiger partial charge in [-0.05, 0) is 50.2 Å². The van der Waals surface area contributed by atoms with E-state index < -0.39 is 12.1 Å². The SMILES string of the molecule is COc1ccccc1N1CCN(CC(O)COC(=O)c2ccc(OCCOC(C)C)cc2)CC1. The van der Waals surface area contributed by atoms with Crippen molar-refractivity contribution >= 4 is 11.7 Å². The molecule has 1 fully saturated rings. The summed E-state index contributed by atoms with van der Waals surface area (Å²) in [6, 6.07) is 14.8. The third kappa shape index (κ3) is 7.90. The Labute approximate surface area is 202 Å². The number of aliphatic hydroxyl groups is 1. The van der Waals surface area contributed by atoms with Crippen LogP contribution in [0.1, 0.15) is 24.2 Å². The van der Waals surface area contributed by atoms with Crippen LogP contribution in [0.25, 0.3) is 0 Å². The number of carbonyl (C=O) groups is 1. The Balaban J connectivity index is 1.36. The van der Waals surface area contributed by atoms with E-state index in [2.05, 4.69) is 15.9 Å². The number of methoxy groups -OCH3 is 1. The molecule has 1 aliphatic rings. The van der Waals surface area contributed by atoms with Crippen molar-refractivity contribution in [3.05, 3.63) is 54.1 Å². The molecule has 1 heterocycles. The lowest BCUT2D eigenvalue weighted by atomic mass is 10.2. The third-order valence-electron chi connectivity index (χ3n) is 5.57. The molecule has 8 heteroatoms. The standard InChI is InChI=1S/C26H36N2O6/c1-20(2)32-16-17-33-23-10-8-21(9-11-23)26(30)34-19-22(29)18-27-12-14-28(15-13-27)24-6-4-5-7-25(24)31-3/h4-11,20,22,29H,12-19H2,1-3H3. The Bertz CT molecular complexity index is 881. The maximum atomic E-state index is 12.3. The summed E-state index contributed by atoms with van der Waals surface area (Å²) in [5.74, 6) is 1.06. The first kappa shape index (κ1) is 25.8. The van der Waals surface area contributed by atoms with Crippen LogP contribution in [-0.2, 0) is 9.47 Å². The highest BCUT2D eigenvalue weighted by Crippen LogP contribution is 2.28. The predicted molar refractivity (Wildman–Crippen MR) is 131 cm³/mol. The number of piperazine rings is 1. The second kappa shape index (κ2) is 13.2. The van der Waals surface area contributed by atoms with E-state index in [1.165, 1.54) is 0 Å². The van der Waals surface area contributed by atoms with Crippen molar-refractivity contribution in [3.8, 4) is 11.5 Å². The number of rotatable bonds is 12. The molecule has 0 aromatic heterocycles. The Hall–Kier alpha value is -2.81. The molecule has 1 unspecified atom stereocenters. The maximum Gasteiger partial charge on any atom is 0.338 e. The molecule has 0 amide bonds. The quantitative estimate of drug-likeness (QED) is 0.373. The first-order valence-electron chi connectivity index (χ1n) is 11.8. The lowest BCUT2D eigenvalue weighted by Crippen LogP contribution is -2.49. The van der Waals surface area contributed by atoms with Crippen LogP contribution in [0, 0.1) is 0 Å². The zero-order valence-electron chi connectivity index (χ0n) is 20.3. The van der Waals surface area contributed by atoms with Crippen LogP contribution in [0.5, 0.6) is 11.5 Å². The van der Waals surface area contributed by atoms with Gasteiger partial charge in [-0.15, -0.1) is 0 Å². The van der Waals surface area contributed by atoms with E-state index in [1.54, 1.807) is 31.4 Å². The largest absolute Gasteiger partial charge is 0.495 e. The smallest absolute Gasteiger partial charge is 0.338 e. The van der Waals surface area contributed by atoms with Gasteiger partial charge in [-0.2, -0.15) is 0 Å². The highest BCUT2D eigenvalue weighted by molar-refractivity contribution is 5.89. The molecule has 34 heavy (non-hydrogen) atoms. The number of para-hydroxylation sites is 2. The Morgan fingerprint density at radius 3 is 2.38 bits per heavy atom. The molecule has 0 radical (unpaired) electrons. The number of anilines is 1. The second-order valence-corrected chi connectivity index (χ2v) is 8.50. The molecule has 0 bridgehead atoms. The number of β-amino-alcohol motifs (C(OH)–C–C–N with tert-alkyl or cyclic N) is 1. The number of benzene rings is 2. The summed E-state index contributed by atoms with van der Waals surface area (Å²) in [7, 11) is 1.68. The Morgan fingerprint density at radius 2 is 1.71 bits per heavy atom. The summed E-state index contributed by atoms with van der Waals surface area (Å²) in [6.07, 6.45) is -0.579. The highest BCUT2D eigenvalue weighted by Gasteiger charge is 2.22. The van der Waals surface area contributed by atoms with Crippen LogP contribution < -0.4 is 14.4 Å². The molecule has 2 aromatic rings. The lowest BCUT2D eigenvalue weighted by Gasteiger charge is -2.37. The van der Waals surface area contributed by atoms with Crippen molar-refractivity contribution in [2.75, 3.05) is 64.6 Å². The van der Waals surface area contributed by atoms with Gasteiger partial charge in [0.15, 0.2) is 0 Å². The normalized spacial score (nSPS) is 15.3. The van der Waals surface area contributed by atoms with E-state index in [1.807, 2.05) is 32.0 Å². The van der Waals surface area contributed by atoms with Gasteiger partial charge >= 0.3 is 5.97 Å². The third-order valence-corrected chi connectivity index (χ3v) is 5.57. The van der Waals surface area contributed by atoms with Crippen molar-refractivity contribution in [1.29, 1.82) is 0 Å². The van der Waals surface area contributed by atoms with Crippen LogP contribution in [0.4, 0.5) is 5.69 Å². The van der Waals surface area contributed by atoms with Gasteiger partial charge in [0.2, 0.25) is 0 Å². The van der Waals surface area contributed by atoms with Gasteiger partial charge in [-0.3, -0.25) is 4.90 Å². The monoisotopic (exact) mass is 472 g/mol. The summed E-state index contributed by atoms with van der Waals surface area (Å²) >= 11 is 0. The first-order valence-corrected chi connectivity index (χ1v) is 11.8. The maximum absolute atomic E-state index is 12.3. The Morgan fingerprint density at radius 1 is 1.00 bits per heavy atom. The van der Waals surface area contributed by atoms with E-state index in [4.69, 9.17) is 18.9 Å². The molecule has 2 aromatic carbocycles. The molecule has 1 atom stereocenters. The van der Waals surface area contributed by atoms with Crippen LogP contribution in [0.2, 0.25) is 0 Å². The molecule has 0 aliphatic carbocycles. The van der Waals surface area contributed by atoms with Crippen molar-refractivity contribution in [2.24, 2.45) is 0 Å². The summed E-state index contributed by atoms with van der Waals surface area (Å²) < 4.78 is 21.8. The van der Waals surface area contributed by atoms with Crippen molar-refractivity contribution in [3.63, 3.8) is 0 Å². The molecular weight excluding hydrogens is 436 g/mol. The lowest BCUT2D eigenvalue weighted by molar-refractivity contribution is 0.0151. The van der Waals surface area contributed by atoms with E-state index in [-0.39, 0.29) is 12.7 Å². The van der Waals surface area contributed by atoms with Gasteiger partial charge in [0.05, 0.1) is 31.1 Å². The molecule has 1 N–H and O–H groups in total. The fraction of sp³-hybridized carbons (Fsp3) is 0.500. The molecule has 1 saturated heterocycles. The van der Waals surface area contributed by atoms with Crippen molar-refractivity contribution in [1.82, 2.24) is 4.90 Å². The van der Waals surface area contributed by atoms with Crippen LogP contribution in [-0.4, -0.2) is 87.8 Å². The highest BCUT2D eigenvalue weighted by atomic mass is 16.5. The fourth-order valence-electron chi connectivity index (χ4n) is 3.80. The van der Waals surface area contributed by atoms with E-state index in [0.29, 0.717) is 31.1 Å². The van der Waals surface area contributed by atoms with Gasteiger partial charge in [-0.1, -0.05) is 12.1 Å². The predicted octanol–water partition coefficient (Wildman–Crippen LogP) is 2.84. The number of nitrogens with zero attached hydrogens (tertiary/aromatic N) is 2. The van der Waals surface area contributed by atoms with Gasteiger partial charge in [-0.25, -0.2) is 4.79 Å². The summed E-state index contributed by atoms with van der Waals surface area (Å²) in [4.78, 5) is 16.8. The first-order chi connectivity index (χ1) is 16.5. The number of carbonyl (C=O) groups excluding carboxylic acids is 1. The van der Waals surface area contributed by atoms with E-state index in [9.17, 15) is 9.90 Å². The molecule has 3 rings (SSSR count). The molecule has 0 spiro atoms. The average Bonchev–Trinajstić information content (AvgIpc) is 2.86. The number of esters is 1. The van der Waals surface area contributed by atoms with Crippen molar-refractivity contribution in [2.45, 2.75) is 26.1 Å². The molecule has 1 aliphatic heterocycles. The minimum atomic E-state index is -0.745. The summed E-state index contributed by atoms with van der Waals surface area (Å²) in [5, 5.41) is 10.4. The second-order valence-electron chi connectivity index (χ2n) is 8.50. The number of hydrogen-bond acceptors (Lipinski definition) is 8. The van der Waals surface area contributed by atoms with Crippen LogP contribution in [0.3, 0.4) is 0 Å². The zero-order valence-corrected chi connectivity index (χ0v) is 20.3. The van der Waals surface area contributed by atoms with E-state index in [0.717, 1.165) is 37.6 Å². The molecule has 186 valence electrons. The van der Waals surface area contributed by atoms with Crippen LogP contribution >= 0.6 is 0 Å². The minimum absolute atomic E-state index is 0.0453. The van der Waals surface area contributed by atoms with Gasteiger partial charge in [0.1, 0.15) is 30.8 Å². The molecule has 0 saturated carbocycles. The summed E-state index contributed by atoms with van der Waals surface area (Å²) in [5.41, 5.74) is 1.50. The number of ether oxygens (including phenoxy) is 4. The van der Waals surface area contributed by atoms with Gasteiger partial charge in [0, 0.05) is 32.7 Å². The average molecular weight is 473 g/mol. The van der Waals surface area contributed by atoms with E-state index >= 15 is 0 Å². The minimum Gasteiger partial charge on any atom is -0.495 e. The van der Waals surface area contributed by atoms with Gasteiger partial charge < -0.3 is 29.0 Å². The van der Waals surface area contributed by atoms with Crippen molar-refractivity contribution < 1.29 is 28.8 Å². The fourth-order valence-corrected chi connectivity index (χ4v) is 3.80. The van der Waals surface area contributed by atoms with Gasteiger partial charge in [0.25, 0.3) is 0 Å². The number of hydrogen-bond donors (Lipinski definition) is 1. The number of aliphatic hydroxyl groups excluding tert-OH is 1. The molecule has 8 nitrogen and oxygen atoms in total. The molecular formula is C26H36N2O6. The topological polar surface area (TPSA) is 80.7 Å². The zero-order chi connectivity index (χ0) is 24.3. The summed E-state index contributed by atoms with van der Waals surface area (Å²) in [6.45, 7) is 8.61. The van der Waals surface area contributed by atoms with Crippen LogP contribution in [0.15, 0.2) is 48.5 Å².